The summed E-state index contributed by atoms with van der Waals surface area (Å²) >= 11 is 0. The van der Waals surface area contributed by atoms with Crippen LogP contribution in [-0.4, -0.2) is 32.5 Å². The fraction of sp³-hybridized carbons (Fsp3) is 0.250. The van der Waals surface area contributed by atoms with E-state index in [-0.39, 0.29) is 11.7 Å². The highest BCUT2D eigenvalue weighted by molar-refractivity contribution is 6.03. The lowest BCUT2D eigenvalue weighted by Gasteiger charge is -2.05. The van der Waals surface area contributed by atoms with Crippen molar-refractivity contribution in [1.82, 2.24) is 19.6 Å². The molecule has 0 N–H and O–H groups in total. The van der Waals surface area contributed by atoms with Crippen LogP contribution in [0.3, 0.4) is 0 Å². The second kappa shape index (κ2) is 5.55. The van der Waals surface area contributed by atoms with Gasteiger partial charge in [-0.2, -0.15) is 5.10 Å². The highest BCUT2D eigenvalue weighted by Crippen LogP contribution is 2.22. The molecule has 3 rings (SSSR count). The van der Waals surface area contributed by atoms with Gasteiger partial charge in [-0.05, 0) is 6.07 Å². The predicted molar refractivity (Wildman–Crippen MR) is 81.9 cm³/mol. The topological polar surface area (TPSA) is 69.4 Å². The maximum atomic E-state index is 12.2. The van der Waals surface area contributed by atoms with Gasteiger partial charge < -0.3 is 4.74 Å². The maximum absolute atomic E-state index is 12.2. The number of hydrogen-bond acceptors (Lipinski definition) is 5. The normalized spacial score (nSPS) is 11.1. The average Bonchev–Trinajstić information content (AvgIpc) is 2.97. The van der Waals surface area contributed by atoms with Crippen molar-refractivity contribution >= 4 is 11.3 Å². The van der Waals surface area contributed by atoms with Gasteiger partial charge in [0.15, 0.2) is 5.78 Å². The van der Waals surface area contributed by atoms with Crippen LogP contribution in [0, 0.1) is 5.92 Å². The first kappa shape index (κ1) is 14.2. The van der Waals surface area contributed by atoms with Gasteiger partial charge in [0.2, 0.25) is 0 Å². The summed E-state index contributed by atoms with van der Waals surface area (Å²) in [4.78, 5) is 20.3. The third-order valence-corrected chi connectivity index (χ3v) is 3.45. The van der Waals surface area contributed by atoms with Crippen LogP contribution in [0.4, 0.5) is 0 Å². The molecule has 0 saturated heterocycles. The number of fused-ring (bicyclic) bond motifs is 1. The first-order valence-electron chi connectivity index (χ1n) is 6.98. The number of pyridine rings is 1. The van der Waals surface area contributed by atoms with Gasteiger partial charge in [-0.3, -0.25) is 4.79 Å². The van der Waals surface area contributed by atoms with E-state index in [1.807, 2.05) is 32.2 Å². The Morgan fingerprint density at radius 1 is 1.14 bits per heavy atom. The minimum atomic E-state index is -0.0531. The van der Waals surface area contributed by atoms with Crippen LogP contribution in [0.25, 0.3) is 16.6 Å². The number of hydrogen-bond donors (Lipinski definition) is 0. The molecular weight excluding hydrogens is 280 g/mol. The number of rotatable bonds is 4. The summed E-state index contributed by atoms with van der Waals surface area (Å²) < 4.78 is 6.65. The Morgan fingerprint density at radius 2 is 1.86 bits per heavy atom. The minimum absolute atomic E-state index is 0.0531. The van der Waals surface area contributed by atoms with Gasteiger partial charge in [-0.25, -0.2) is 14.5 Å². The van der Waals surface area contributed by atoms with Crippen molar-refractivity contribution in [2.75, 3.05) is 7.11 Å². The Morgan fingerprint density at radius 3 is 2.50 bits per heavy atom. The van der Waals surface area contributed by atoms with Crippen LogP contribution >= 0.6 is 0 Å². The fourth-order valence-corrected chi connectivity index (χ4v) is 2.23. The molecule has 0 aliphatic carbocycles. The van der Waals surface area contributed by atoms with E-state index in [2.05, 4.69) is 15.1 Å². The third kappa shape index (κ3) is 2.43. The second-order valence-corrected chi connectivity index (χ2v) is 5.28. The number of ether oxygens (including phenoxy) is 1. The number of Topliss-reactive ketones (excluding diaryl/α,β-unsaturated/α-hetero) is 1. The first-order valence-corrected chi connectivity index (χ1v) is 6.98. The smallest absolute Gasteiger partial charge is 0.316 e. The Labute approximate surface area is 127 Å². The van der Waals surface area contributed by atoms with E-state index in [1.54, 1.807) is 23.1 Å². The van der Waals surface area contributed by atoms with Crippen molar-refractivity contribution in [1.29, 1.82) is 0 Å². The summed E-state index contributed by atoms with van der Waals surface area (Å²) in [5.41, 5.74) is 3.22. The molecule has 6 heteroatoms. The molecule has 0 atom stereocenters. The number of ketones is 1. The quantitative estimate of drug-likeness (QED) is 0.692. The number of nitrogens with zero attached hydrogens (tertiary/aromatic N) is 4. The van der Waals surface area contributed by atoms with E-state index in [0.29, 0.717) is 11.6 Å². The van der Waals surface area contributed by atoms with E-state index < -0.39 is 0 Å². The van der Waals surface area contributed by atoms with Crippen molar-refractivity contribution in [3.05, 3.63) is 42.5 Å². The largest absolute Gasteiger partial charge is 0.467 e. The summed E-state index contributed by atoms with van der Waals surface area (Å²) in [5, 5.41) is 4.27. The van der Waals surface area contributed by atoms with Crippen LogP contribution in [0.5, 0.6) is 6.01 Å². The number of methoxy groups -OCH3 is 1. The molecule has 0 unspecified atom stereocenters. The van der Waals surface area contributed by atoms with E-state index >= 15 is 0 Å². The monoisotopic (exact) mass is 296 g/mol. The van der Waals surface area contributed by atoms with Gasteiger partial charge in [-0.15, -0.1) is 0 Å². The molecule has 112 valence electrons. The lowest BCUT2D eigenvalue weighted by molar-refractivity contribution is 0.0941. The summed E-state index contributed by atoms with van der Waals surface area (Å²) in [6, 6.07) is 4.15. The molecule has 3 heterocycles. The van der Waals surface area contributed by atoms with Gasteiger partial charge in [0.25, 0.3) is 0 Å². The van der Waals surface area contributed by atoms with Crippen LogP contribution in [-0.2, 0) is 0 Å². The zero-order chi connectivity index (χ0) is 15.7. The highest BCUT2D eigenvalue weighted by Gasteiger charge is 2.16. The number of carbonyl (C=O) groups is 1. The van der Waals surface area contributed by atoms with Crippen LogP contribution in [0.2, 0.25) is 0 Å². The van der Waals surface area contributed by atoms with Gasteiger partial charge in [0, 0.05) is 35.6 Å². The van der Waals surface area contributed by atoms with Crippen molar-refractivity contribution in [2.45, 2.75) is 13.8 Å². The van der Waals surface area contributed by atoms with Crippen LogP contribution in [0.1, 0.15) is 24.2 Å². The number of carbonyl (C=O) groups excluding carboxylic acids is 1. The van der Waals surface area contributed by atoms with Crippen molar-refractivity contribution < 1.29 is 9.53 Å². The molecule has 0 fully saturated rings. The Balaban J connectivity index is 2.01. The molecule has 0 amide bonds. The Hall–Kier alpha value is -2.76. The van der Waals surface area contributed by atoms with Gasteiger partial charge >= 0.3 is 6.01 Å². The van der Waals surface area contributed by atoms with Gasteiger partial charge in [0.05, 0.1) is 24.4 Å². The summed E-state index contributed by atoms with van der Waals surface area (Å²) in [5.74, 6) is 0.0400. The Kier molecular flexibility index (Phi) is 3.58. The molecule has 0 radical (unpaired) electrons. The molecule has 0 aliphatic rings. The van der Waals surface area contributed by atoms with Crippen LogP contribution in [0.15, 0.2) is 36.9 Å². The molecule has 0 aromatic carbocycles. The maximum Gasteiger partial charge on any atom is 0.316 e. The lowest BCUT2D eigenvalue weighted by atomic mass is 10.0. The van der Waals surface area contributed by atoms with E-state index in [4.69, 9.17) is 4.74 Å². The lowest BCUT2D eigenvalue weighted by Crippen LogP contribution is -2.06. The fourth-order valence-electron chi connectivity index (χ4n) is 2.23. The number of aromatic nitrogens is 4. The zero-order valence-corrected chi connectivity index (χ0v) is 12.6. The predicted octanol–water partition coefficient (Wildman–Crippen LogP) is 2.64. The highest BCUT2D eigenvalue weighted by atomic mass is 16.5. The zero-order valence-electron chi connectivity index (χ0n) is 12.6. The second-order valence-electron chi connectivity index (χ2n) is 5.28. The average molecular weight is 296 g/mol. The van der Waals surface area contributed by atoms with Gasteiger partial charge in [0.1, 0.15) is 0 Å². The van der Waals surface area contributed by atoms with Crippen molar-refractivity contribution in [3.8, 4) is 17.1 Å². The Bertz CT molecular complexity index is 822. The molecule has 3 aromatic rings. The SMILES string of the molecule is COc1ncc(-c2ccc3c(C(=O)C(C)C)cnn3c2)cn1. The van der Waals surface area contributed by atoms with E-state index in [9.17, 15) is 4.79 Å². The summed E-state index contributed by atoms with van der Waals surface area (Å²) in [6.07, 6.45) is 6.86. The van der Waals surface area contributed by atoms with E-state index in [1.165, 1.54) is 7.11 Å². The first-order chi connectivity index (χ1) is 10.6. The molecule has 0 saturated carbocycles. The van der Waals surface area contributed by atoms with Gasteiger partial charge in [-0.1, -0.05) is 19.9 Å². The molecule has 3 aromatic heterocycles. The molecule has 0 bridgehead atoms. The minimum Gasteiger partial charge on any atom is -0.467 e. The summed E-state index contributed by atoms with van der Waals surface area (Å²) in [6.45, 7) is 3.77. The van der Waals surface area contributed by atoms with Crippen LogP contribution < -0.4 is 4.74 Å². The summed E-state index contributed by atoms with van der Waals surface area (Å²) in [7, 11) is 1.53. The third-order valence-electron chi connectivity index (χ3n) is 3.45. The standard InChI is InChI=1S/C16H16N4O2/c1-10(2)15(21)13-8-19-20-9-11(4-5-14(13)20)12-6-17-16(22-3)18-7-12/h4-10H,1-3H3. The molecule has 0 spiro atoms. The molecule has 0 aliphatic heterocycles. The van der Waals surface area contributed by atoms with Crippen molar-refractivity contribution in [3.63, 3.8) is 0 Å². The van der Waals surface area contributed by atoms with E-state index in [0.717, 1.165) is 16.6 Å². The molecule has 22 heavy (non-hydrogen) atoms. The molecule has 6 nitrogen and oxygen atoms in total. The van der Waals surface area contributed by atoms with Crippen molar-refractivity contribution in [2.24, 2.45) is 5.92 Å². The molecular formula is C16H16N4O2.